The molecule has 0 bridgehead atoms. The van der Waals surface area contributed by atoms with Crippen molar-refractivity contribution in [2.75, 3.05) is 12.4 Å². The number of carbonyl (C=O) groups excluding carboxylic acids is 1. The zero-order valence-corrected chi connectivity index (χ0v) is 21.5. The predicted molar refractivity (Wildman–Crippen MR) is 140 cm³/mol. The lowest BCUT2D eigenvalue weighted by molar-refractivity contribution is -0.112. The molecule has 0 atom stereocenters. The number of halogens is 3. The highest BCUT2D eigenvalue weighted by molar-refractivity contribution is 14.1. The number of nitriles is 1. The second kappa shape index (κ2) is 11.4. The van der Waals surface area contributed by atoms with Gasteiger partial charge in [-0.2, -0.15) is 5.26 Å². The number of methoxy groups -OCH3 is 1. The first kappa shape index (κ1) is 24.9. The van der Waals surface area contributed by atoms with Gasteiger partial charge in [-0.25, -0.2) is 0 Å². The molecule has 0 fully saturated rings. The Bertz CT molecular complexity index is 1270. The summed E-state index contributed by atoms with van der Waals surface area (Å²) in [7, 11) is 1.53. The van der Waals surface area contributed by atoms with E-state index in [0.29, 0.717) is 32.8 Å². The molecule has 0 aromatic heterocycles. The molecule has 5 nitrogen and oxygen atoms in total. The van der Waals surface area contributed by atoms with Gasteiger partial charge < -0.3 is 14.8 Å². The third kappa shape index (κ3) is 6.41. The molecule has 0 heterocycles. The average molecular weight is 593 g/mol. The van der Waals surface area contributed by atoms with Crippen molar-refractivity contribution < 1.29 is 14.3 Å². The van der Waals surface area contributed by atoms with Crippen molar-refractivity contribution >= 4 is 63.5 Å². The van der Waals surface area contributed by atoms with Crippen LogP contribution in [0, 0.1) is 21.8 Å². The fraction of sp³-hybridized carbons (Fsp3) is 0.120. The molecule has 1 N–H and O–H groups in total. The number of aryl methyl sites for hydroxylation is 1. The van der Waals surface area contributed by atoms with Gasteiger partial charge in [-0.3, -0.25) is 4.79 Å². The highest BCUT2D eigenvalue weighted by Gasteiger charge is 2.15. The summed E-state index contributed by atoms with van der Waals surface area (Å²) < 4.78 is 12.2. The van der Waals surface area contributed by atoms with Gasteiger partial charge in [0, 0.05) is 21.3 Å². The standard InChI is InChI=1S/C25H19Cl2IN2O3/c1-15-7-8-19(26)12-22(15)30-25(31)18(13-29)9-16-10-21(28)24(23(11-16)32-2)33-14-17-5-3-4-6-20(17)27/h3-12H,14H2,1-2H3,(H,30,31)/b18-9+. The predicted octanol–water partition coefficient (Wildman–Crippen LogP) is 7.04. The molecule has 0 radical (unpaired) electrons. The maximum Gasteiger partial charge on any atom is 0.266 e. The van der Waals surface area contributed by atoms with Crippen LogP contribution in [0.15, 0.2) is 60.2 Å². The van der Waals surface area contributed by atoms with Crippen molar-refractivity contribution in [3.8, 4) is 17.6 Å². The number of rotatable bonds is 7. The van der Waals surface area contributed by atoms with Gasteiger partial charge in [0.2, 0.25) is 0 Å². The second-order valence-electron chi connectivity index (χ2n) is 7.00. The minimum atomic E-state index is -0.532. The lowest BCUT2D eigenvalue weighted by Gasteiger charge is -2.14. The van der Waals surface area contributed by atoms with Crippen LogP contribution in [0.25, 0.3) is 6.08 Å². The number of amides is 1. The molecule has 0 aliphatic heterocycles. The summed E-state index contributed by atoms with van der Waals surface area (Å²) in [6.45, 7) is 2.11. The van der Waals surface area contributed by atoms with Crippen molar-refractivity contribution in [2.45, 2.75) is 13.5 Å². The first-order valence-corrected chi connectivity index (χ1v) is 11.6. The summed E-state index contributed by atoms with van der Waals surface area (Å²) in [6.07, 6.45) is 1.50. The molecule has 33 heavy (non-hydrogen) atoms. The van der Waals surface area contributed by atoms with Crippen molar-refractivity contribution in [3.63, 3.8) is 0 Å². The number of nitrogens with zero attached hydrogens (tertiary/aromatic N) is 1. The molecule has 1 amide bonds. The van der Waals surface area contributed by atoms with Crippen LogP contribution in [0.2, 0.25) is 10.0 Å². The highest BCUT2D eigenvalue weighted by atomic mass is 127. The molecule has 0 unspecified atom stereocenters. The fourth-order valence-corrected chi connectivity index (χ4v) is 4.11. The second-order valence-corrected chi connectivity index (χ2v) is 9.00. The van der Waals surface area contributed by atoms with Crippen LogP contribution in [0.5, 0.6) is 11.5 Å². The molecule has 8 heteroatoms. The van der Waals surface area contributed by atoms with Crippen molar-refractivity contribution in [1.29, 1.82) is 5.26 Å². The van der Waals surface area contributed by atoms with E-state index in [0.717, 1.165) is 14.7 Å². The third-order valence-corrected chi connectivity index (χ3v) is 6.11. The number of anilines is 1. The summed E-state index contributed by atoms with van der Waals surface area (Å²) in [5.41, 5.74) is 2.79. The Morgan fingerprint density at radius 3 is 2.64 bits per heavy atom. The van der Waals surface area contributed by atoms with Gasteiger partial charge in [0.1, 0.15) is 18.2 Å². The number of nitrogens with one attached hydrogen (secondary N) is 1. The SMILES string of the molecule is COc1cc(/C=C(\C#N)C(=O)Nc2cc(Cl)ccc2C)cc(I)c1OCc1ccccc1Cl. The molecule has 0 spiro atoms. The van der Waals surface area contributed by atoms with Gasteiger partial charge >= 0.3 is 0 Å². The summed E-state index contributed by atoms with van der Waals surface area (Å²) in [6, 6.07) is 18.1. The zero-order valence-electron chi connectivity index (χ0n) is 17.8. The Balaban J connectivity index is 1.85. The van der Waals surface area contributed by atoms with E-state index >= 15 is 0 Å². The molecule has 3 aromatic rings. The van der Waals surface area contributed by atoms with E-state index < -0.39 is 5.91 Å². The molecule has 0 saturated heterocycles. The highest BCUT2D eigenvalue weighted by Crippen LogP contribution is 2.35. The van der Waals surface area contributed by atoms with Crippen LogP contribution in [-0.2, 0) is 11.4 Å². The minimum absolute atomic E-state index is 0.0584. The number of hydrogen-bond donors (Lipinski definition) is 1. The number of hydrogen-bond acceptors (Lipinski definition) is 4. The molecule has 0 aliphatic carbocycles. The van der Waals surface area contributed by atoms with Gasteiger partial charge in [0.15, 0.2) is 11.5 Å². The quantitative estimate of drug-likeness (QED) is 0.181. The molecule has 168 valence electrons. The van der Waals surface area contributed by atoms with Crippen LogP contribution in [0.1, 0.15) is 16.7 Å². The van der Waals surface area contributed by atoms with Crippen LogP contribution < -0.4 is 14.8 Å². The van der Waals surface area contributed by atoms with E-state index in [9.17, 15) is 10.1 Å². The number of benzene rings is 3. The third-order valence-electron chi connectivity index (χ3n) is 4.71. The lowest BCUT2D eigenvalue weighted by atomic mass is 10.1. The number of ether oxygens (including phenoxy) is 2. The van der Waals surface area contributed by atoms with E-state index in [4.69, 9.17) is 32.7 Å². The van der Waals surface area contributed by atoms with Crippen molar-refractivity contribution in [2.24, 2.45) is 0 Å². The molecular formula is C25H19Cl2IN2O3. The Labute approximate surface area is 216 Å². The van der Waals surface area contributed by atoms with Gasteiger partial charge in [-0.05, 0) is 77.0 Å². The molecule has 0 aliphatic rings. The molecular weight excluding hydrogens is 574 g/mol. The lowest BCUT2D eigenvalue weighted by Crippen LogP contribution is -2.14. The monoisotopic (exact) mass is 592 g/mol. The van der Waals surface area contributed by atoms with E-state index in [-0.39, 0.29) is 12.2 Å². The smallest absolute Gasteiger partial charge is 0.266 e. The summed E-state index contributed by atoms with van der Waals surface area (Å²) in [5.74, 6) is 0.493. The Morgan fingerprint density at radius 2 is 1.94 bits per heavy atom. The van der Waals surface area contributed by atoms with Gasteiger partial charge in [0.25, 0.3) is 5.91 Å². The van der Waals surface area contributed by atoms with E-state index in [2.05, 4.69) is 27.9 Å². The molecule has 0 saturated carbocycles. The molecule has 3 aromatic carbocycles. The fourth-order valence-electron chi connectivity index (χ4n) is 2.96. The van der Waals surface area contributed by atoms with Crippen LogP contribution in [-0.4, -0.2) is 13.0 Å². The van der Waals surface area contributed by atoms with Gasteiger partial charge in [-0.15, -0.1) is 0 Å². The minimum Gasteiger partial charge on any atom is -0.493 e. The largest absolute Gasteiger partial charge is 0.493 e. The normalized spacial score (nSPS) is 11.0. The van der Waals surface area contributed by atoms with E-state index in [1.54, 1.807) is 36.4 Å². The van der Waals surface area contributed by atoms with Gasteiger partial charge in [-0.1, -0.05) is 47.5 Å². The maximum atomic E-state index is 12.7. The topological polar surface area (TPSA) is 71.3 Å². The van der Waals surface area contributed by atoms with Crippen LogP contribution in [0.3, 0.4) is 0 Å². The average Bonchev–Trinajstić information content (AvgIpc) is 2.79. The Kier molecular flexibility index (Phi) is 8.61. The summed E-state index contributed by atoms with van der Waals surface area (Å²) >= 11 is 14.4. The van der Waals surface area contributed by atoms with E-state index in [1.165, 1.54) is 13.2 Å². The zero-order chi connectivity index (χ0) is 24.0. The van der Waals surface area contributed by atoms with Crippen molar-refractivity contribution in [1.82, 2.24) is 0 Å². The number of carbonyl (C=O) groups is 1. The first-order valence-electron chi connectivity index (χ1n) is 9.75. The molecule has 3 rings (SSSR count). The van der Waals surface area contributed by atoms with E-state index in [1.807, 2.05) is 31.2 Å². The first-order chi connectivity index (χ1) is 15.8. The van der Waals surface area contributed by atoms with Crippen LogP contribution >= 0.6 is 45.8 Å². The summed E-state index contributed by atoms with van der Waals surface area (Å²) in [4.78, 5) is 12.7. The Morgan fingerprint density at radius 1 is 1.18 bits per heavy atom. The van der Waals surface area contributed by atoms with Gasteiger partial charge in [0.05, 0.1) is 10.7 Å². The summed E-state index contributed by atoms with van der Waals surface area (Å²) in [5, 5.41) is 13.4. The van der Waals surface area contributed by atoms with Crippen LogP contribution in [0.4, 0.5) is 5.69 Å². The Hall–Kier alpha value is -2.73. The van der Waals surface area contributed by atoms with Crippen molar-refractivity contribution in [3.05, 3.63) is 90.5 Å². The maximum absolute atomic E-state index is 12.7.